The molecule has 1 rings (SSSR count). The van der Waals surface area contributed by atoms with Crippen LogP contribution in [-0.2, 0) is 0 Å². The Hall–Kier alpha value is -1.35. The lowest BCUT2D eigenvalue weighted by atomic mass is 10.2. The summed E-state index contributed by atoms with van der Waals surface area (Å²) in [7, 11) is 1.83. The van der Waals surface area contributed by atoms with E-state index in [4.69, 9.17) is 4.74 Å². The number of rotatable bonds is 5. The van der Waals surface area contributed by atoms with Crippen LogP contribution in [0.25, 0.3) is 6.08 Å². The smallest absolute Gasteiger partial charge is 0.165 e. The van der Waals surface area contributed by atoms with Crippen LogP contribution in [0, 0.1) is 5.82 Å². The molecule has 0 aliphatic carbocycles. The molecule has 0 aromatic heterocycles. The highest BCUT2D eigenvalue weighted by Gasteiger charge is 2.07. The van der Waals surface area contributed by atoms with Gasteiger partial charge >= 0.3 is 0 Å². The third kappa shape index (κ3) is 3.36. The number of benzene rings is 1. The fraction of sp³-hybridized carbons (Fsp3) is 0.333. The molecule has 3 heteroatoms. The topological polar surface area (TPSA) is 21.3 Å². The zero-order valence-corrected chi connectivity index (χ0v) is 9.09. The lowest BCUT2D eigenvalue weighted by Gasteiger charge is -2.15. The molecule has 0 bridgehead atoms. The van der Waals surface area contributed by atoms with Gasteiger partial charge in [0.1, 0.15) is 6.10 Å². The molecular weight excluding hydrogens is 193 g/mol. The average molecular weight is 209 g/mol. The van der Waals surface area contributed by atoms with Crippen LogP contribution in [-0.4, -0.2) is 19.7 Å². The van der Waals surface area contributed by atoms with E-state index in [2.05, 4.69) is 11.9 Å². The summed E-state index contributed by atoms with van der Waals surface area (Å²) in [4.78, 5) is 0. The molecule has 0 spiro atoms. The summed E-state index contributed by atoms with van der Waals surface area (Å²) in [5.41, 5.74) is 0.850. The van der Waals surface area contributed by atoms with Gasteiger partial charge in [0.15, 0.2) is 11.6 Å². The van der Waals surface area contributed by atoms with E-state index < -0.39 is 0 Å². The fourth-order valence-electron chi connectivity index (χ4n) is 1.28. The van der Waals surface area contributed by atoms with E-state index in [1.807, 2.05) is 14.0 Å². The van der Waals surface area contributed by atoms with Crippen molar-refractivity contribution < 1.29 is 9.13 Å². The molecule has 82 valence electrons. The van der Waals surface area contributed by atoms with Gasteiger partial charge in [0.25, 0.3) is 0 Å². The number of hydrogen-bond acceptors (Lipinski definition) is 2. The maximum Gasteiger partial charge on any atom is 0.165 e. The molecule has 0 aliphatic heterocycles. The molecule has 0 saturated carbocycles. The molecule has 1 aromatic carbocycles. The van der Waals surface area contributed by atoms with Crippen molar-refractivity contribution in [2.75, 3.05) is 13.6 Å². The van der Waals surface area contributed by atoms with Crippen LogP contribution >= 0.6 is 0 Å². The monoisotopic (exact) mass is 209 g/mol. The molecule has 0 aliphatic rings. The zero-order chi connectivity index (χ0) is 11.3. The Bertz CT molecular complexity index is 338. The highest BCUT2D eigenvalue weighted by atomic mass is 19.1. The van der Waals surface area contributed by atoms with Gasteiger partial charge in [-0.15, -0.1) is 0 Å². The Balaban J connectivity index is 2.78. The van der Waals surface area contributed by atoms with Crippen LogP contribution in [0.2, 0.25) is 0 Å². The summed E-state index contributed by atoms with van der Waals surface area (Å²) < 4.78 is 18.8. The van der Waals surface area contributed by atoms with E-state index in [1.165, 1.54) is 6.07 Å². The summed E-state index contributed by atoms with van der Waals surface area (Å²) in [6.45, 7) is 6.19. The fourth-order valence-corrected chi connectivity index (χ4v) is 1.28. The van der Waals surface area contributed by atoms with E-state index in [9.17, 15) is 4.39 Å². The van der Waals surface area contributed by atoms with Crippen molar-refractivity contribution in [3.05, 3.63) is 36.2 Å². The van der Waals surface area contributed by atoms with Gasteiger partial charge in [0, 0.05) is 6.54 Å². The predicted octanol–water partition coefficient (Wildman–Crippen LogP) is 2.46. The molecule has 0 heterocycles. The van der Waals surface area contributed by atoms with Crippen LogP contribution in [0.5, 0.6) is 5.75 Å². The van der Waals surface area contributed by atoms with Gasteiger partial charge in [-0.3, -0.25) is 0 Å². The van der Waals surface area contributed by atoms with Crippen LogP contribution in [0.4, 0.5) is 4.39 Å². The lowest BCUT2D eigenvalue weighted by Crippen LogP contribution is -2.26. The van der Waals surface area contributed by atoms with Gasteiger partial charge in [-0.2, -0.15) is 0 Å². The van der Waals surface area contributed by atoms with Crippen molar-refractivity contribution in [2.24, 2.45) is 0 Å². The second-order valence-electron chi connectivity index (χ2n) is 3.38. The number of nitrogens with one attached hydrogen (secondary N) is 1. The number of ether oxygens (including phenoxy) is 1. The van der Waals surface area contributed by atoms with Crippen LogP contribution in [0.3, 0.4) is 0 Å². The van der Waals surface area contributed by atoms with Crippen LogP contribution in [0.15, 0.2) is 24.8 Å². The molecule has 2 nitrogen and oxygen atoms in total. The van der Waals surface area contributed by atoms with Gasteiger partial charge in [-0.25, -0.2) is 4.39 Å². The quantitative estimate of drug-likeness (QED) is 0.804. The number of halogens is 1. The van der Waals surface area contributed by atoms with Gasteiger partial charge in [-0.1, -0.05) is 18.7 Å². The SMILES string of the molecule is C=Cc1ccc(F)c(O[C@@H](C)CNC)c1. The van der Waals surface area contributed by atoms with Crippen LogP contribution in [0.1, 0.15) is 12.5 Å². The standard InChI is InChI=1S/C12H16FNO/c1-4-10-5-6-11(13)12(7-10)15-9(2)8-14-3/h4-7,9,14H,1,8H2,2-3H3/t9-/m0/s1. The molecule has 0 fully saturated rings. The molecule has 0 amide bonds. The summed E-state index contributed by atoms with van der Waals surface area (Å²) >= 11 is 0. The first-order valence-corrected chi connectivity index (χ1v) is 4.90. The molecule has 0 radical (unpaired) electrons. The molecule has 1 N–H and O–H groups in total. The minimum atomic E-state index is -0.344. The molecular formula is C12H16FNO. The summed E-state index contributed by atoms with van der Waals surface area (Å²) in [6.07, 6.45) is 1.60. The second kappa shape index (κ2) is 5.51. The van der Waals surface area contributed by atoms with Gasteiger partial charge in [0.2, 0.25) is 0 Å². The number of likely N-dealkylation sites (N-methyl/N-ethyl adjacent to an activating group) is 1. The van der Waals surface area contributed by atoms with Crippen LogP contribution < -0.4 is 10.1 Å². The molecule has 1 atom stereocenters. The minimum absolute atomic E-state index is 0.0652. The Morgan fingerprint density at radius 1 is 1.60 bits per heavy atom. The molecule has 1 aromatic rings. The van der Waals surface area contributed by atoms with Crippen molar-refractivity contribution in [3.8, 4) is 5.75 Å². The lowest BCUT2D eigenvalue weighted by molar-refractivity contribution is 0.211. The average Bonchev–Trinajstić information content (AvgIpc) is 2.21. The summed E-state index contributed by atoms with van der Waals surface area (Å²) in [6, 6.07) is 4.70. The van der Waals surface area contributed by atoms with E-state index in [0.717, 1.165) is 5.56 Å². The normalized spacial score (nSPS) is 12.2. The predicted molar refractivity (Wildman–Crippen MR) is 60.5 cm³/mol. The Morgan fingerprint density at radius 2 is 2.33 bits per heavy atom. The second-order valence-corrected chi connectivity index (χ2v) is 3.38. The Labute approximate surface area is 89.8 Å². The summed E-state index contributed by atoms with van der Waals surface area (Å²) in [5.74, 6) is -0.0706. The van der Waals surface area contributed by atoms with Gasteiger partial charge < -0.3 is 10.1 Å². The van der Waals surface area contributed by atoms with E-state index in [0.29, 0.717) is 6.54 Å². The van der Waals surface area contributed by atoms with Crippen molar-refractivity contribution in [1.29, 1.82) is 0 Å². The third-order valence-electron chi connectivity index (χ3n) is 2.01. The summed E-state index contributed by atoms with van der Waals surface area (Å²) in [5, 5.41) is 2.97. The maximum absolute atomic E-state index is 13.3. The first-order valence-electron chi connectivity index (χ1n) is 4.90. The maximum atomic E-state index is 13.3. The van der Waals surface area contributed by atoms with Crippen molar-refractivity contribution in [3.63, 3.8) is 0 Å². The van der Waals surface area contributed by atoms with Gasteiger partial charge in [-0.05, 0) is 31.7 Å². The van der Waals surface area contributed by atoms with E-state index in [-0.39, 0.29) is 17.7 Å². The largest absolute Gasteiger partial charge is 0.486 e. The third-order valence-corrected chi connectivity index (χ3v) is 2.01. The van der Waals surface area contributed by atoms with Crippen molar-refractivity contribution in [2.45, 2.75) is 13.0 Å². The molecule has 0 saturated heterocycles. The highest BCUT2D eigenvalue weighted by Crippen LogP contribution is 2.20. The Morgan fingerprint density at radius 3 is 2.93 bits per heavy atom. The molecule has 15 heavy (non-hydrogen) atoms. The highest BCUT2D eigenvalue weighted by molar-refractivity contribution is 5.49. The van der Waals surface area contributed by atoms with Crippen molar-refractivity contribution in [1.82, 2.24) is 5.32 Å². The Kier molecular flexibility index (Phi) is 4.31. The van der Waals surface area contributed by atoms with E-state index in [1.54, 1.807) is 18.2 Å². The van der Waals surface area contributed by atoms with Gasteiger partial charge in [0.05, 0.1) is 0 Å². The first-order chi connectivity index (χ1) is 7.17. The van der Waals surface area contributed by atoms with Crippen molar-refractivity contribution >= 4 is 6.08 Å². The molecule has 0 unspecified atom stereocenters. The van der Waals surface area contributed by atoms with E-state index >= 15 is 0 Å². The number of hydrogen-bond donors (Lipinski definition) is 1. The minimum Gasteiger partial charge on any atom is -0.486 e. The zero-order valence-electron chi connectivity index (χ0n) is 9.09. The first kappa shape index (κ1) is 11.7.